The minimum atomic E-state index is -0.348. The number of benzene rings is 2. The average Bonchev–Trinajstić information content (AvgIpc) is 2.95. The molecule has 0 aliphatic carbocycles. The summed E-state index contributed by atoms with van der Waals surface area (Å²) in [6, 6.07) is 13.1. The van der Waals surface area contributed by atoms with Gasteiger partial charge in [0.25, 0.3) is 11.8 Å². The van der Waals surface area contributed by atoms with Crippen LogP contribution in [-0.2, 0) is 14.3 Å². The number of hydrogen-bond donors (Lipinski definition) is 1. The molecule has 0 atom stereocenters. The van der Waals surface area contributed by atoms with Gasteiger partial charge < -0.3 is 14.8 Å². The molecule has 1 aliphatic rings. The van der Waals surface area contributed by atoms with E-state index in [0.717, 1.165) is 22.6 Å². The van der Waals surface area contributed by atoms with Gasteiger partial charge in [-0.1, -0.05) is 18.2 Å². The quantitative estimate of drug-likeness (QED) is 0.610. The maximum absolute atomic E-state index is 13.2. The number of imide groups is 1. The lowest BCUT2D eigenvalue weighted by Gasteiger charge is -2.16. The highest BCUT2D eigenvalue weighted by Gasteiger charge is 2.39. The van der Waals surface area contributed by atoms with Gasteiger partial charge in [0, 0.05) is 5.69 Å². The molecule has 0 radical (unpaired) electrons. The maximum Gasteiger partial charge on any atom is 0.278 e. The fourth-order valence-corrected chi connectivity index (χ4v) is 3.39. The van der Waals surface area contributed by atoms with Crippen molar-refractivity contribution in [3.63, 3.8) is 0 Å². The zero-order valence-electron chi connectivity index (χ0n) is 18.8. The van der Waals surface area contributed by atoms with Crippen molar-refractivity contribution in [2.24, 2.45) is 0 Å². The third-order valence-electron chi connectivity index (χ3n) is 5.16. The Morgan fingerprint density at radius 3 is 2.29 bits per heavy atom. The maximum atomic E-state index is 13.2. The standard InChI is InChI=1S/C25H30N2O4/c1-6-30-21-11-8-19(9-12-21)22-23(26-20-10-7-17(4)18(5)15-20)25(29)27(24(22)28)13-14-31-16(2)3/h7-12,15-16,26H,6,13-14H2,1-5H3. The second kappa shape index (κ2) is 9.79. The van der Waals surface area contributed by atoms with Gasteiger partial charge in [0.05, 0.1) is 31.4 Å². The van der Waals surface area contributed by atoms with Crippen molar-refractivity contribution in [1.29, 1.82) is 0 Å². The van der Waals surface area contributed by atoms with Crippen LogP contribution in [0.3, 0.4) is 0 Å². The number of anilines is 1. The van der Waals surface area contributed by atoms with E-state index in [-0.39, 0.29) is 30.2 Å². The van der Waals surface area contributed by atoms with Crippen molar-refractivity contribution in [1.82, 2.24) is 4.90 Å². The van der Waals surface area contributed by atoms with Gasteiger partial charge in [-0.2, -0.15) is 0 Å². The van der Waals surface area contributed by atoms with Crippen LogP contribution in [0.5, 0.6) is 5.75 Å². The van der Waals surface area contributed by atoms with Crippen LogP contribution in [-0.4, -0.2) is 42.6 Å². The molecule has 3 rings (SSSR count). The Morgan fingerprint density at radius 1 is 0.968 bits per heavy atom. The van der Waals surface area contributed by atoms with E-state index in [1.807, 2.05) is 77.1 Å². The lowest BCUT2D eigenvalue weighted by molar-refractivity contribution is -0.137. The van der Waals surface area contributed by atoms with Crippen molar-refractivity contribution in [2.75, 3.05) is 25.1 Å². The van der Waals surface area contributed by atoms with E-state index in [4.69, 9.17) is 9.47 Å². The minimum absolute atomic E-state index is 0.0273. The topological polar surface area (TPSA) is 67.9 Å². The van der Waals surface area contributed by atoms with E-state index in [9.17, 15) is 9.59 Å². The number of rotatable bonds is 9. The second-order valence-corrected chi connectivity index (χ2v) is 7.81. The largest absolute Gasteiger partial charge is 0.494 e. The number of nitrogens with zero attached hydrogens (tertiary/aromatic N) is 1. The van der Waals surface area contributed by atoms with Crippen LogP contribution in [0.4, 0.5) is 5.69 Å². The Labute approximate surface area is 183 Å². The first-order valence-corrected chi connectivity index (χ1v) is 10.6. The molecule has 2 amide bonds. The minimum Gasteiger partial charge on any atom is -0.494 e. The van der Waals surface area contributed by atoms with Crippen molar-refractivity contribution in [3.8, 4) is 5.75 Å². The van der Waals surface area contributed by atoms with Gasteiger partial charge in [0.1, 0.15) is 11.4 Å². The Bertz CT molecular complexity index is 993. The van der Waals surface area contributed by atoms with Gasteiger partial charge >= 0.3 is 0 Å². The summed E-state index contributed by atoms with van der Waals surface area (Å²) >= 11 is 0. The zero-order valence-corrected chi connectivity index (χ0v) is 18.8. The van der Waals surface area contributed by atoms with Crippen molar-refractivity contribution < 1.29 is 19.1 Å². The fraction of sp³-hybridized carbons (Fsp3) is 0.360. The molecule has 0 fully saturated rings. The summed E-state index contributed by atoms with van der Waals surface area (Å²) in [5.41, 5.74) is 4.33. The molecule has 6 nitrogen and oxygen atoms in total. The summed E-state index contributed by atoms with van der Waals surface area (Å²) in [5, 5.41) is 3.20. The molecular formula is C25H30N2O4. The molecule has 2 aromatic carbocycles. The number of ether oxygens (including phenoxy) is 2. The number of aryl methyl sites for hydroxylation is 2. The number of amides is 2. The van der Waals surface area contributed by atoms with Gasteiger partial charge in [0.15, 0.2) is 0 Å². The molecule has 0 saturated carbocycles. The molecule has 0 spiro atoms. The molecule has 0 saturated heterocycles. The van der Waals surface area contributed by atoms with E-state index in [1.165, 1.54) is 4.90 Å². The third-order valence-corrected chi connectivity index (χ3v) is 5.16. The van der Waals surface area contributed by atoms with Gasteiger partial charge in [-0.25, -0.2) is 0 Å². The lowest BCUT2D eigenvalue weighted by atomic mass is 10.0. The first-order valence-electron chi connectivity index (χ1n) is 10.6. The van der Waals surface area contributed by atoms with Gasteiger partial charge in [-0.15, -0.1) is 0 Å². The first kappa shape index (κ1) is 22.6. The van der Waals surface area contributed by atoms with Gasteiger partial charge in [0.2, 0.25) is 0 Å². The van der Waals surface area contributed by atoms with E-state index in [2.05, 4.69) is 5.32 Å². The highest BCUT2D eigenvalue weighted by Crippen LogP contribution is 2.31. The molecule has 1 aliphatic heterocycles. The van der Waals surface area contributed by atoms with Gasteiger partial charge in [-0.05, 0) is 75.6 Å². The summed E-state index contributed by atoms with van der Waals surface area (Å²) in [4.78, 5) is 27.7. The van der Waals surface area contributed by atoms with Crippen LogP contribution in [0.25, 0.3) is 5.57 Å². The van der Waals surface area contributed by atoms with Crippen LogP contribution in [0.15, 0.2) is 48.2 Å². The van der Waals surface area contributed by atoms with Crippen LogP contribution in [0.2, 0.25) is 0 Å². The van der Waals surface area contributed by atoms with E-state index < -0.39 is 0 Å². The lowest BCUT2D eigenvalue weighted by Crippen LogP contribution is -2.35. The smallest absolute Gasteiger partial charge is 0.278 e. The Kier molecular flexibility index (Phi) is 7.13. The highest BCUT2D eigenvalue weighted by molar-refractivity contribution is 6.36. The van der Waals surface area contributed by atoms with E-state index in [0.29, 0.717) is 24.4 Å². The normalized spacial score (nSPS) is 14.1. The molecule has 0 aromatic heterocycles. The highest BCUT2D eigenvalue weighted by atomic mass is 16.5. The average molecular weight is 423 g/mol. The van der Waals surface area contributed by atoms with Crippen LogP contribution < -0.4 is 10.1 Å². The van der Waals surface area contributed by atoms with Gasteiger partial charge in [-0.3, -0.25) is 14.5 Å². The summed E-state index contributed by atoms with van der Waals surface area (Å²) in [7, 11) is 0. The van der Waals surface area contributed by atoms with E-state index >= 15 is 0 Å². The molecule has 164 valence electrons. The molecular weight excluding hydrogens is 392 g/mol. The fourth-order valence-electron chi connectivity index (χ4n) is 3.39. The molecule has 1 N–H and O–H groups in total. The SMILES string of the molecule is CCOc1ccc(C2=C(Nc3ccc(C)c(C)c3)C(=O)N(CCOC(C)C)C2=O)cc1. The number of hydrogen-bond acceptors (Lipinski definition) is 5. The van der Waals surface area contributed by atoms with Crippen molar-refractivity contribution >= 4 is 23.1 Å². The van der Waals surface area contributed by atoms with Crippen LogP contribution >= 0.6 is 0 Å². The Hall–Kier alpha value is -3.12. The summed E-state index contributed by atoms with van der Waals surface area (Å²) in [6.07, 6.45) is 0.0273. The van der Waals surface area contributed by atoms with Crippen LogP contribution in [0.1, 0.15) is 37.5 Å². The third kappa shape index (κ3) is 5.14. The molecule has 0 bridgehead atoms. The zero-order chi connectivity index (χ0) is 22.5. The molecule has 2 aromatic rings. The monoisotopic (exact) mass is 422 g/mol. The molecule has 31 heavy (non-hydrogen) atoms. The first-order chi connectivity index (χ1) is 14.8. The van der Waals surface area contributed by atoms with Crippen LogP contribution in [0, 0.1) is 13.8 Å². The summed E-state index contributed by atoms with van der Waals surface area (Å²) < 4.78 is 11.1. The number of nitrogens with one attached hydrogen (secondary N) is 1. The van der Waals surface area contributed by atoms with Crippen molar-refractivity contribution in [3.05, 3.63) is 64.9 Å². The second-order valence-electron chi connectivity index (χ2n) is 7.81. The molecule has 1 heterocycles. The number of carbonyl (C=O) groups excluding carboxylic acids is 2. The molecule has 6 heteroatoms. The summed E-state index contributed by atoms with van der Waals surface area (Å²) in [5.74, 6) is 0.0433. The predicted octanol–water partition coefficient (Wildman–Crippen LogP) is 4.32. The van der Waals surface area contributed by atoms with Crippen molar-refractivity contribution in [2.45, 2.75) is 40.7 Å². The molecule has 0 unspecified atom stereocenters. The Balaban J connectivity index is 1.96. The predicted molar refractivity (Wildman–Crippen MR) is 122 cm³/mol. The number of carbonyl (C=O) groups is 2. The summed E-state index contributed by atoms with van der Waals surface area (Å²) in [6.45, 7) is 10.9. The Morgan fingerprint density at radius 2 is 1.68 bits per heavy atom. The van der Waals surface area contributed by atoms with E-state index in [1.54, 1.807) is 0 Å².